The number of rotatable bonds is 8. The van der Waals surface area contributed by atoms with Gasteiger partial charge in [-0.05, 0) is 255 Å². The van der Waals surface area contributed by atoms with Crippen LogP contribution in [0, 0.1) is 55.4 Å². The minimum atomic E-state index is 0.931. The highest BCUT2D eigenvalue weighted by Crippen LogP contribution is 2.27. The molecule has 13 aromatic heterocycles. The lowest BCUT2D eigenvalue weighted by molar-refractivity contribution is 1.12. The van der Waals surface area contributed by atoms with E-state index in [0.29, 0.717) is 0 Å². The second-order valence-corrected chi connectivity index (χ2v) is 24.8. The molecular formula is C94H85N13. The predicted molar refractivity (Wildman–Crippen MR) is 438 cm³/mol. The first-order chi connectivity index (χ1) is 52.4. The third kappa shape index (κ3) is 23.4. The highest BCUT2D eigenvalue weighted by Gasteiger charge is 2.07. The van der Waals surface area contributed by atoms with Gasteiger partial charge in [0.25, 0.3) is 0 Å². The standard InChI is InChI=1S/C15H13N.2C12H11N.5C11H10N2/c1-12-6-8-14(9-7-12)16-11-10-13-4-2-3-5-15(13)16;1-10-5-2-3-7-12(10)11-6-4-8-13-9-11;1-10-4-2-3-5-12(10)11-6-8-13-9-7-11;1-9-2-5-13-8-11(9)10-3-6-12-7-4-10;1-9-5-4-8-13-11(9)10-6-2-3-7-12-10;1-9-7-10(4-6-13-9)11-3-2-5-12-8-11;1-9-7-13-6-4-11(9)10-3-2-5-12-8-10;1-9-6-10(8-12-7-9)11-4-2-3-5-13-11/h2-11H,1H3;2*2-9H,1H3;5*2-8H,1H3. The largest absolute Gasteiger partial charge is 0.317 e. The Bertz CT molecular complexity index is 4870. The van der Waals surface area contributed by atoms with Crippen molar-refractivity contribution >= 4 is 10.9 Å². The van der Waals surface area contributed by atoms with Gasteiger partial charge in [0.05, 0.1) is 22.6 Å². The number of nitrogens with zero attached hydrogens (tertiary/aromatic N) is 13. The van der Waals surface area contributed by atoms with Gasteiger partial charge in [0.15, 0.2) is 0 Å². The van der Waals surface area contributed by atoms with Crippen molar-refractivity contribution in [1.29, 1.82) is 0 Å². The number of hydrogen-bond donors (Lipinski definition) is 0. The normalized spacial score (nSPS) is 10.1. The van der Waals surface area contributed by atoms with E-state index in [-0.39, 0.29) is 0 Å². The zero-order valence-corrected chi connectivity index (χ0v) is 61.5. The first kappa shape index (κ1) is 75.9. The summed E-state index contributed by atoms with van der Waals surface area (Å²) >= 11 is 0. The molecule has 4 aromatic carbocycles. The molecule has 0 aliphatic carbocycles. The molecule has 17 rings (SSSR count). The van der Waals surface area contributed by atoms with Gasteiger partial charge in [-0.2, -0.15) is 0 Å². The van der Waals surface area contributed by atoms with Gasteiger partial charge >= 0.3 is 0 Å². The van der Waals surface area contributed by atoms with Gasteiger partial charge in [0.1, 0.15) is 0 Å². The van der Waals surface area contributed by atoms with E-state index in [2.05, 4.69) is 233 Å². The maximum absolute atomic E-state index is 4.29. The zero-order valence-electron chi connectivity index (χ0n) is 61.5. The molecule has 0 saturated heterocycles. The quantitative estimate of drug-likeness (QED) is 0.142. The second-order valence-electron chi connectivity index (χ2n) is 24.8. The molecule has 0 aliphatic heterocycles. The topological polar surface area (TPSA) is 160 Å². The van der Waals surface area contributed by atoms with Crippen LogP contribution >= 0.6 is 0 Å². The van der Waals surface area contributed by atoms with Crippen LogP contribution in [-0.4, -0.2) is 64.4 Å². The third-order valence-corrected chi connectivity index (χ3v) is 16.8. The van der Waals surface area contributed by atoms with Crippen molar-refractivity contribution in [2.45, 2.75) is 55.4 Å². The van der Waals surface area contributed by atoms with E-state index in [9.17, 15) is 0 Å². The molecule has 0 saturated carbocycles. The Kier molecular flexibility index (Phi) is 28.9. The van der Waals surface area contributed by atoms with Crippen molar-refractivity contribution in [3.05, 3.63) is 417 Å². The zero-order chi connectivity index (χ0) is 74.6. The minimum Gasteiger partial charge on any atom is -0.317 e. The van der Waals surface area contributed by atoms with Crippen molar-refractivity contribution in [2.24, 2.45) is 0 Å². The molecule has 0 spiro atoms. The summed E-state index contributed by atoms with van der Waals surface area (Å²) in [7, 11) is 0. The second kappa shape index (κ2) is 40.8. The van der Waals surface area contributed by atoms with Crippen LogP contribution in [0.25, 0.3) is 94.9 Å². The first-order valence-electron chi connectivity index (χ1n) is 35.1. The highest BCUT2D eigenvalue weighted by atomic mass is 15.0. The summed E-state index contributed by atoms with van der Waals surface area (Å²) in [6, 6.07) is 81.7. The summed E-state index contributed by atoms with van der Waals surface area (Å²) in [6.07, 6.45) is 38.5. The van der Waals surface area contributed by atoms with Crippen LogP contribution < -0.4 is 0 Å². The molecule has 0 bridgehead atoms. The maximum Gasteiger partial charge on any atom is 0.0915 e. The Morgan fingerprint density at radius 3 is 1.29 bits per heavy atom. The molecule has 0 fully saturated rings. The average Bonchev–Trinajstić information content (AvgIpc) is 1.68. The number of hydrogen-bond acceptors (Lipinski definition) is 12. The predicted octanol–water partition coefficient (Wildman–Crippen LogP) is 22.3. The van der Waals surface area contributed by atoms with Crippen LogP contribution in [-0.2, 0) is 0 Å². The molecule has 13 heteroatoms. The van der Waals surface area contributed by atoms with E-state index in [0.717, 1.165) is 50.6 Å². The van der Waals surface area contributed by atoms with Crippen LogP contribution in [0.1, 0.15) is 44.6 Å². The van der Waals surface area contributed by atoms with E-state index in [1.54, 1.807) is 62.0 Å². The minimum absolute atomic E-state index is 0.931. The maximum atomic E-state index is 4.29. The number of benzene rings is 4. The molecule has 0 N–H and O–H groups in total. The van der Waals surface area contributed by atoms with E-state index in [1.165, 1.54) is 88.9 Å². The summed E-state index contributed by atoms with van der Waals surface area (Å²) in [5, 5.41) is 1.28. The van der Waals surface area contributed by atoms with Crippen LogP contribution in [0.4, 0.5) is 0 Å². The van der Waals surface area contributed by atoms with E-state index in [4.69, 9.17) is 0 Å². The van der Waals surface area contributed by atoms with Crippen LogP contribution in [0.2, 0.25) is 0 Å². The lowest BCUT2D eigenvalue weighted by Crippen LogP contribution is -1.90. The molecule has 13 heterocycles. The van der Waals surface area contributed by atoms with E-state index < -0.39 is 0 Å². The molecular weight excluding hydrogens is 1310 g/mol. The number of aryl methyl sites for hydroxylation is 8. The fourth-order valence-electron chi connectivity index (χ4n) is 11.2. The average molecular weight is 1400 g/mol. The number of pyridine rings is 12. The number of para-hydroxylation sites is 1. The van der Waals surface area contributed by atoms with Crippen LogP contribution in [0.3, 0.4) is 0 Å². The number of aromatic nitrogens is 13. The van der Waals surface area contributed by atoms with Gasteiger partial charge in [-0.3, -0.25) is 59.8 Å². The Balaban J connectivity index is 0.000000131. The highest BCUT2D eigenvalue weighted by molar-refractivity contribution is 5.82. The van der Waals surface area contributed by atoms with Crippen molar-refractivity contribution < 1.29 is 0 Å². The Morgan fingerprint density at radius 1 is 0.234 bits per heavy atom. The van der Waals surface area contributed by atoms with Gasteiger partial charge in [0, 0.05) is 169 Å². The molecule has 0 radical (unpaired) electrons. The molecule has 107 heavy (non-hydrogen) atoms. The monoisotopic (exact) mass is 1400 g/mol. The summed E-state index contributed by atoms with van der Waals surface area (Å²) in [6.45, 7) is 16.5. The molecule has 0 unspecified atom stereocenters. The van der Waals surface area contributed by atoms with E-state index >= 15 is 0 Å². The van der Waals surface area contributed by atoms with Crippen molar-refractivity contribution in [3.8, 4) is 84.0 Å². The van der Waals surface area contributed by atoms with E-state index in [1.807, 2.05) is 198 Å². The van der Waals surface area contributed by atoms with Crippen LogP contribution in [0.5, 0.6) is 0 Å². The Morgan fingerprint density at radius 2 is 0.720 bits per heavy atom. The van der Waals surface area contributed by atoms with Crippen LogP contribution in [0.15, 0.2) is 373 Å². The summed E-state index contributed by atoms with van der Waals surface area (Å²) in [5.74, 6) is 0. The Labute approximate surface area is 628 Å². The Hall–Kier alpha value is -13.8. The van der Waals surface area contributed by atoms with Gasteiger partial charge < -0.3 is 4.57 Å². The summed E-state index contributed by atoms with van der Waals surface area (Å²) in [4.78, 5) is 49.4. The molecule has 13 nitrogen and oxygen atoms in total. The lowest BCUT2D eigenvalue weighted by Gasteiger charge is -2.05. The fourth-order valence-corrected chi connectivity index (χ4v) is 11.2. The SMILES string of the molecule is Cc1cc(-c2cccnc2)ccn1.Cc1ccc(-n2ccc3ccccc32)cc1.Cc1ccccc1-c1cccnc1.Cc1ccccc1-c1ccncc1.Cc1cccnc1-c1ccccn1.Cc1ccncc1-c1ccncc1.Cc1cncc(-c2ccccn2)c1.Cc1cnccc1-c1cccnc1. The van der Waals surface area contributed by atoms with Gasteiger partial charge in [-0.1, -0.05) is 121 Å². The smallest absolute Gasteiger partial charge is 0.0915 e. The molecule has 0 atom stereocenters. The van der Waals surface area contributed by atoms with Crippen molar-refractivity contribution in [2.75, 3.05) is 0 Å². The molecule has 0 amide bonds. The molecule has 526 valence electrons. The van der Waals surface area contributed by atoms with Crippen molar-refractivity contribution in [3.63, 3.8) is 0 Å². The first-order valence-corrected chi connectivity index (χ1v) is 35.1. The van der Waals surface area contributed by atoms with Gasteiger partial charge in [-0.25, -0.2) is 0 Å². The third-order valence-electron chi connectivity index (χ3n) is 16.8. The summed E-state index contributed by atoms with van der Waals surface area (Å²) in [5.41, 5.74) is 28.0. The molecule has 17 aromatic rings. The van der Waals surface area contributed by atoms with Gasteiger partial charge in [0.2, 0.25) is 0 Å². The fraction of sp³-hybridized carbons (Fsp3) is 0.0851. The molecule has 0 aliphatic rings. The van der Waals surface area contributed by atoms with Crippen molar-refractivity contribution in [1.82, 2.24) is 64.4 Å². The number of fused-ring (bicyclic) bond motifs is 1. The lowest BCUT2D eigenvalue weighted by atomic mass is 10.0. The summed E-state index contributed by atoms with van der Waals surface area (Å²) < 4.78 is 2.22. The van der Waals surface area contributed by atoms with Gasteiger partial charge in [-0.15, -0.1) is 0 Å².